The maximum Gasteiger partial charge on any atom is 0.132 e. The van der Waals surface area contributed by atoms with Crippen molar-refractivity contribution in [3.8, 4) is 0 Å². The van der Waals surface area contributed by atoms with Crippen molar-refractivity contribution in [1.29, 1.82) is 0 Å². The SMILES string of the molecule is CCCCCCCCC=COF. The Hall–Kier alpha value is -0.530. The predicted molar refractivity (Wildman–Crippen MR) is 49.3 cm³/mol. The van der Waals surface area contributed by atoms with Crippen LogP contribution in [0.15, 0.2) is 12.3 Å². The Balaban J connectivity index is 2.86. The van der Waals surface area contributed by atoms with Crippen molar-refractivity contribution >= 4 is 0 Å². The van der Waals surface area contributed by atoms with Gasteiger partial charge >= 0.3 is 0 Å². The van der Waals surface area contributed by atoms with Gasteiger partial charge in [-0.3, -0.25) is 0 Å². The molecule has 0 rings (SSSR count). The molecule has 72 valence electrons. The van der Waals surface area contributed by atoms with Crippen LogP contribution in [0.2, 0.25) is 0 Å². The summed E-state index contributed by atoms with van der Waals surface area (Å²) in [4.78, 5) is 3.31. The van der Waals surface area contributed by atoms with Crippen molar-refractivity contribution in [3.63, 3.8) is 0 Å². The zero-order valence-electron chi connectivity index (χ0n) is 7.89. The van der Waals surface area contributed by atoms with Gasteiger partial charge in [0.2, 0.25) is 0 Å². The molecule has 0 N–H and O–H groups in total. The first-order chi connectivity index (χ1) is 5.91. The average Bonchev–Trinajstić information content (AvgIpc) is 2.10. The molecule has 0 aromatic carbocycles. The van der Waals surface area contributed by atoms with E-state index < -0.39 is 0 Å². The molecule has 0 unspecified atom stereocenters. The molecule has 0 saturated heterocycles. The first kappa shape index (κ1) is 11.5. The van der Waals surface area contributed by atoms with E-state index in [1.54, 1.807) is 6.08 Å². The first-order valence-electron chi connectivity index (χ1n) is 4.84. The van der Waals surface area contributed by atoms with Crippen molar-refractivity contribution in [3.05, 3.63) is 12.3 Å². The normalized spacial score (nSPS) is 10.8. The number of halogens is 1. The highest BCUT2D eigenvalue weighted by Crippen LogP contribution is 2.06. The Morgan fingerprint density at radius 3 is 2.42 bits per heavy atom. The minimum Gasteiger partial charge on any atom is -0.303 e. The van der Waals surface area contributed by atoms with Crippen molar-refractivity contribution in [2.24, 2.45) is 0 Å². The van der Waals surface area contributed by atoms with E-state index in [0.29, 0.717) is 0 Å². The molecule has 2 heteroatoms. The summed E-state index contributed by atoms with van der Waals surface area (Å²) in [5, 5.41) is 0. The van der Waals surface area contributed by atoms with Crippen molar-refractivity contribution in [1.82, 2.24) is 0 Å². The quantitative estimate of drug-likeness (QED) is 0.396. The van der Waals surface area contributed by atoms with Crippen molar-refractivity contribution < 1.29 is 9.47 Å². The highest BCUT2D eigenvalue weighted by Gasteiger charge is 1.87. The summed E-state index contributed by atoms with van der Waals surface area (Å²) in [7, 11) is 0. The van der Waals surface area contributed by atoms with E-state index in [-0.39, 0.29) is 0 Å². The Kier molecular flexibility index (Phi) is 10.0. The van der Waals surface area contributed by atoms with Crippen LogP contribution < -0.4 is 0 Å². The van der Waals surface area contributed by atoms with Gasteiger partial charge in [-0.05, 0) is 18.9 Å². The Labute approximate surface area is 74.5 Å². The smallest absolute Gasteiger partial charge is 0.132 e. The van der Waals surface area contributed by atoms with Crippen LogP contribution in [0.25, 0.3) is 0 Å². The fourth-order valence-electron chi connectivity index (χ4n) is 1.15. The molecule has 1 nitrogen and oxygen atoms in total. The van der Waals surface area contributed by atoms with Crippen LogP contribution >= 0.6 is 0 Å². The zero-order chi connectivity index (χ0) is 9.07. The molecule has 0 amide bonds. The van der Waals surface area contributed by atoms with Gasteiger partial charge in [-0.25, -0.2) is 0 Å². The second-order valence-electron chi connectivity index (χ2n) is 3.02. The molecule has 0 heterocycles. The van der Waals surface area contributed by atoms with E-state index in [9.17, 15) is 4.53 Å². The van der Waals surface area contributed by atoms with Gasteiger partial charge < -0.3 is 4.94 Å². The zero-order valence-corrected chi connectivity index (χ0v) is 7.89. The Morgan fingerprint density at radius 2 is 1.75 bits per heavy atom. The van der Waals surface area contributed by atoms with Crippen LogP contribution in [0.5, 0.6) is 0 Å². The van der Waals surface area contributed by atoms with Gasteiger partial charge in [0.25, 0.3) is 0 Å². The second kappa shape index (κ2) is 10.5. The van der Waals surface area contributed by atoms with E-state index in [4.69, 9.17) is 0 Å². The molecule has 0 aromatic heterocycles. The topological polar surface area (TPSA) is 9.23 Å². The summed E-state index contributed by atoms with van der Waals surface area (Å²) in [6.07, 6.45) is 11.4. The maximum absolute atomic E-state index is 11.1. The van der Waals surface area contributed by atoms with Gasteiger partial charge in [-0.2, -0.15) is 0 Å². The standard InChI is InChI=1S/C10H19FO/c1-2-3-4-5-6-7-8-9-10-12-11/h9-10H,2-8H2,1H3. The van der Waals surface area contributed by atoms with E-state index in [1.807, 2.05) is 0 Å². The lowest BCUT2D eigenvalue weighted by Crippen LogP contribution is -1.77. The maximum atomic E-state index is 11.1. The van der Waals surface area contributed by atoms with Crippen LogP contribution in [0, 0.1) is 0 Å². The summed E-state index contributed by atoms with van der Waals surface area (Å²) in [6.45, 7) is 2.21. The number of hydrogen-bond acceptors (Lipinski definition) is 1. The monoisotopic (exact) mass is 174 g/mol. The number of hydrogen-bond donors (Lipinski definition) is 0. The average molecular weight is 174 g/mol. The molecular weight excluding hydrogens is 155 g/mol. The summed E-state index contributed by atoms with van der Waals surface area (Å²) in [6, 6.07) is 0. The lowest BCUT2D eigenvalue weighted by Gasteiger charge is -1.96. The molecule has 0 atom stereocenters. The first-order valence-corrected chi connectivity index (χ1v) is 4.84. The van der Waals surface area contributed by atoms with Gasteiger partial charge in [0.1, 0.15) is 6.26 Å². The molecule has 0 radical (unpaired) electrons. The number of unbranched alkanes of at least 4 members (excludes halogenated alkanes) is 6. The molecule has 0 aromatic rings. The Bertz CT molecular complexity index is 102. The largest absolute Gasteiger partial charge is 0.303 e. The third-order valence-electron chi connectivity index (χ3n) is 1.87. The van der Waals surface area contributed by atoms with E-state index in [0.717, 1.165) is 19.1 Å². The van der Waals surface area contributed by atoms with Gasteiger partial charge in [-0.1, -0.05) is 39.0 Å². The van der Waals surface area contributed by atoms with Crippen LogP contribution in [0.1, 0.15) is 51.9 Å². The van der Waals surface area contributed by atoms with Gasteiger partial charge in [0.15, 0.2) is 0 Å². The number of allylic oxidation sites excluding steroid dienone is 1. The molecule has 0 aliphatic carbocycles. The second-order valence-corrected chi connectivity index (χ2v) is 3.02. The van der Waals surface area contributed by atoms with E-state index in [2.05, 4.69) is 11.9 Å². The van der Waals surface area contributed by atoms with Gasteiger partial charge in [0.05, 0.1) is 0 Å². The van der Waals surface area contributed by atoms with Crippen molar-refractivity contribution in [2.75, 3.05) is 0 Å². The van der Waals surface area contributed by atoms with Crippen LogP contribution in [0.4, 0.5) is 4.53 Å². The molecule has 0 fully saturated rings. The fourth-order valence-corrected chi connectivity index (χ4v) is 1.15. The minimum atomic E-state index is 0.927. The number of rotatable bonds is 8. The third-order valence-corrected chi connectivity index (χ3v) is 1.87. The summed E-state index contributed by atoms with van der Waals surface area (Å²) < 4.78 is 11.1. The summed E-state index contributed by atoms with van der Waals surface area (Å²) in [5.74, 6) is 0. The lowest BCUT2D eigenvalue weighted by molar-refractivity contribution is -0.0621. The lowest BCUT2D eigenvalue weighted by atomic mass is 10.1. The highest BCUT2D eigenvalue weighted by molar-refractivity contribution is 4.71. The van der Waals surface area contributed by atoms with Crippen LogP contribution in [-0.4, -0.2) is 0 Å². The van der Waals surface area contributed by atoms with Gasteiger partial charge in [-0.15, -0.1) is 0 Å². The molecule has 0 bridgehead atoms. The van der Waals surface area contributed by atoms with Crippen LogP contribution in [-0.2, 0) is 4.94 Å². The molecule has 0 aliphatic rings. The van der Waals surface area contributed by atoms with E-state index in [1.165, 1.54) is 32.1 Å². The molecule has 0 saturated carbocycles. The van der Waals surface area contributed by atoms with Crippen LogP contribution in [0.3, 0.4) is 0 Å². The molecular formula is C10H19FO. The molecule has 12 heavy (non-hydrogen) atoms. The molecule has 0 aliphatic heterocycles. The summed E-state index contributed by atoms with van der Waals surface area (Å²) in [5.41, 5.74) is 0. The fraction of sp³-hybridized carbons (Fsp3) is 0.800. The van der Waals surface area contributed by atoms with E-state index >= 15 is 0 Å². The molecule has 0 spiro atoms. The minimum absolute atomic E-state index is 0.927. The Morgan fingerprint density at radius 1 is 1.08 bits per heavy atom. The van der Waals surface area contributed by atoms with Crippen molar-refractivity contribution in [2.45, 2.75) is 51.9 Å². The highest BCUT2D eigenvalue weighted by atomic mass is 19.3. The third kappa shape index (κ3) is 9.47. The summed E-state index contributed by atoms with van der Waals surface area (Å²) >= 11 is 0. The van der Waals surface area contributed by atoms with Gasteiger partial charge in [0, 0.05) is 4.53 Å². The predicted octanol–water partition coefficient (Wildman–Crippen LogP) is 4.15.